The molecule has 1 rings (SSSR count). The van der Waals surface area contributed by atoms with Gasteiger partial charge in [0.25, 0.3) is 0 Å². The van der Waals surface area contributed by atoms with Crippen LogP contribution >= 0.6 is 0 Å². The lowest BCUT2D eigenvalue weighted by Gasteiger charge is -2.06. The third-order valence-electron chi connectivity index (χ3n) is 1.89. The molecular formula is C8H15N. The van der Waals surface area contributed by atoms with Crippen molar-refractivity contribution in [2.24, 2.45) is 0 Å². The first-order valence-corrected chi connectivity index (χ1v) is 3.68. The van der Waals surface area contributed by atoms with Gasteiger partial charge in [0.1, 0.15) is 0 Å². The molecule has 1 aliphatic rings. The van der Waals surface area contributed by atoms with E-state index in [2.05, 4.69) is 25.2 Å². The molecular weight excluding hydrogens is 110 g/mol. The van der Waals surface area contributed by atoms with E-state index < -0.39 is 0 Å². The summed E-state index contributed by atoms with van der Waals surface area (Å²) in [7, 11) is 0. The fourth-order valence-corrected chi connectivity index (χ4v) is 1.08. The van der Waals surface area contributed by atoms with Crippen LogP contribution in [0.25, 0.3) is 0 Å². The van der Waals surface area contributed by atoms with Crippen LogP contribution in [-0.4, -0.2) is 12.6 Å². The van der Waals surface area contributed by atoms with E-state index in [0.29, 0.717) is 6.04 Å². The minimum Gasteiger partial charge on any atom is -0.311 e. The van der Waals surface area contributed by atoms with Crippen LogP contribution in [-0.2, 0) is 0 Å². The zero-order valence-electron chi connectivity index (χ0n) is 6.28. The summed E-state index contributed by atoms with van der Waals surface area (Å²) in [6.45, 7) is 5.51. The van der Waals surface area contributed by atoms with Gasteiger partial charge in [-0.15, -0.1) is 0 Å². The van der Waals surface area contributed by atoms with Crippen LogP contribution in [0.4, 0.5) is 0 Å². The van der Waals surface area contributed by atoms with Gasteiger partial charge in [0.2, 0.25) is 0 Å². The van der Waals surface area contributed by atoms with Gasteiger partial charge >= 0.3 is 0 Å². The third kappa shape index (κ3) is 2.19. The second-order valence-corrected chi connectivity index (χ2v) is 2.90. The normalized spacial score (nSPS) is 29.1. The van der Waals surface area contributed by atoms with E-state index in [4.69, 9.17) is 0 Å². The largest absolute Gasteiger partial charge is 0.311 e. The van der Waals surface area contributed by atoms with Crippen LogP contribution in [0, 0.1) is 0 Å². The molecule has 0 unspecified atom stereocenters. The van der Waals surface area contributed by atoms with Crippen molar-refractivity contribution in [2.45, 2.75) is 32.7 Å². The molecule has 0 aromatic carbocycles. The highest BCUT2D eigenvalue weighted by Gasteiger charge is 2.03. The van der Waals surface area contributed by atoms with Gasteiger partial charge in [-0.2, -0.15) is 0 Å². The highest BCUT2D eigenvalue weighted by atomic mass is 14.9. The minimum atomic E-state index is 0.707. The van der Waals surface area contributed by atoms with Crippen LogP contribution in [0.15, 0.2) is 11.6 Å². The number of rotatable bonds is 0. The van der Waals surface area contributed by atoms with E-state index in [1.807, 2.05) is 0 Å². The minimum absolute atomic E-state index is 0.707. The van der Waals surface area contributed by atoms with Crippen LogP contribution in [0.2, 0.25) is 0 Å². The van der Waals surface area contributed by atoms with Gasteiger partial charge in [-0.1, -0.05) is 11.6 Å². The summed E-state index contributed by atoms with van der Waals surface area (Å²) in [6, 6.07) is 0.707. The van der Waals surface area contributed by atoms with E-state index in [1.54, 1.807) is 0 Å². The topological polar surface area (TPSA) is 12.0 Å². The molecule has 0 aromatic rings. The lowest BCUT2D eigenvalue weighted by molar-refractivity contribution is 0.557. The summed E-state index contributed by atoms with van der Waals surface area (Å²) in [5, 5.41) is 3.40. The molecule has 1 nitrogen and oxygen atoms in total. The summed E-state index contributed by atoms with van der Waals surface area (Å²) >= 11 is 0. The molecule has 0 aliphatic carbocycles. The second-order valence-electron chi connectivity index (χ2n) is 2.90. The molecule has 0 fully saturated rings. The Hall–Kier alpha value is -0.300. The number of hydrogen-bond acceptors (Lipinski definition) is 1. The molecule has 1 N–H and O–H groups in total. The first-order chi connectivity index (χ1) is 4.29. The van der Waals surface area contributed by atoms with Crippen LogP contribution in [0.3, 0.4) is 0 Å². The van der Waals surface area contributed by atoms with Crippen molar-refractivity contribution in [2.75, 3.05) is 6.54 Å². The summed E-state index contributed by atoms with van der Waals surface area (Å²) in [4.78, 5) is 0. The van der Waals surface area contributed by atoms with Gasteiger partial charge in [-0.3, -0.25) is 0 Å². The maximum atomic E-state index is 3.40. The fourth-order valence-electron chi connectivity index (χ4n) is 1.08. The Morgan fingerprint density at radius 3 is 3.22 bits per heavy atom. The van der Waals surface area contributed by atoms with E-state index in [0.717, 1.165) is 6.54 Å². The molecule has 0 aromatic heterocycles. The van der Waals surface area contributed by atoms with Gasteiger partial charge < -0.3 is 5.32 Å². The molecule has 0 radical (unpaired) electrons. The molecule has 1 heterocycles. The predicted octanol–water partition coefficient (Wildman–Crippen LogP) is 1.70. The van der Waals surface area contributed by atoms with Gasteiger partial charge in [-0.05, 0) is 26.7 Å². The molecule has 0 spiro atoms. The molecule has 0 bridgehead atoms. The van der Waals surface area contributed by atoms with Gasteiger partial charge in [0.15, 0.2) is 0 Å². The summed E-state index contributed by atoms with van der Waals surface area (Å²) in [6.07, 6.45) is 4.85. The molecule has 1 aliphatic heterocycles. The highest BCUT2D eigenvalue weighted by molar-refractivity contribution is 5.01. The SMILES string of the molecule is CC1=CCN[C@@H](C)CC1. The fraction of sp³-hybridized carbons (Fsp3) is 0.750. The second kappa shape index (κ2) is 3.02. The zero-order valence-corrected chi connectivity index (χ0v) is 6.28. The van der Waals surface area contributed by atoms with E-state index in [-0.39, 0.29) is 0 Å². The van der Waals surface area contributed by atoms with Crippen LogP contribution in [0.5, 0.6) is 0 Å². The van der Waals surface area contributed by atoms with Crippen LogP contribution < -0.4 is 5.32 Å². The summed E-state index contributed by atoms with van der Waals surface area (Å²) in [5.41, 5.74) is 1.53. The molecule has 1 atom stereocenters. The van der Waals surface area contributed by atoms with Crippen molar-refractivity contribution in [3.63, 3.8) is 0 Å². The van der Waals surface area contributed by atoms with Crippen molar-refractivity contribution in [3.05, 3.63) is 11.6 Å². The third-order valence-corrected chi connectivity index (χ3v) is 1.89. The lowest BCUT2D eigenvalue weighted by atomic mass is 10.1. The summed E-state index contributed by atoms with van der Waals surface area (Å²) in [5.74, 6) is 0. The maximum absolute atomic E-state index is 3.40. The molecule has 0 saturated carbocycles. The van der Waals surface area contributed by atoms with Crippen LogP contribution in [0.1, 0.15) is 26.7 Å². The van der Waals surface area contributed by atoms with E-state index in [9.17, 15) is 0 Å². The first-order valence-electron chi connectivity index (χ1n) is 3.68. The monoisotopic (exact) mass is 125 g/mol. The number of allylic oxidation sites excluding steroid dienone is 1. The Kier molecular flexibility index (Phi) is 2.29. The molecule has 1 heteroatoms. The Labute approximate surface area is 57.1 Å². The average molecular weight is 125 g/mol. The van der Waals surface area contributed by atoms with Gasteiger partial charge in [0.05, 0.1) is 0 Å². The molecule has 9 heavy (non-hydrogen) atoms. The highest BCUT2D eigenvalue weighted by Crippen LogP contribution is 2.08. The van der Waals surface area contributed by atoms with Gasteiger partial charge in [0, 0.05) is 12.6 Å². The Bertz CT molecular complexity index is 116. The average Bonchev–Trinajstić information content (AvgIpc) is 1.97. The predicted molar refractivity (Wildman–Crippen MR) is 40.5 cm³/mol. The number of nitrogens with one attached hydrogen (secondary N) is 1. The Morgan fingerprint density at radius 2 is 2.44 bits per heavy atom. The molecule has 0 amide bonds. The van der Waals surface area contributed by atoms with Crippen molar-refractivity contribution >= 4 is 0 Å². The Balaban J connectivity index is 2.39. The molecule has 52 valence electrons. The quantitative estimate of drug-likeness (QED) is 0.486. The smallest absolute Gasteiger partial charge is 0.0139 e. The first kappa shape index (κ1) is 6.81. The Morgan fingerprint density at radius 1 is 1.67 bits per heavy atom. The summed E-state index contributed by atoms with van der Waals surface area (Å²) < 4.78 is 0. The number of hydrogen-bond donors (Lipinski definition) is 1. The van der Waals surface area contributed by atoms with Crippen molar-refractivity contribution in [1.29, 1.82) is 0 Å². The lowest BCUT2D eigenvalue weighted by Crippen LogP contribution is -2.24. The van der Waals surface area contributed by atoms with E-state index >= 15 is 0 Å². The van der Waals surface area contributed by atoms with Crippen molar-refractivity contribution in [1.82, 2.24) is 5.32 Å². The van der Waals surface area contributed by atoms with Crippen molar-refractivity contribution in [3.8, 4) is 0 Å². The molecule has 0 saturated heterocycles. The van der Waals surface area contributed by atoms with Gasteiger partial charge in [-0.25, -0.2) is 0 Å². The standard InChI is InChI=1S/C8H15N/c1-7-3-4-8(2)9-6-5-7/h5,8-9H,3-4,6H2,1-2H3/t8-/m0/s1. The maximum Gasteiger partial charge on any atom is 0.0139 e. The van der Waals surface area contributed by atoms with Crippen molar-refractivity contribution < 1.29 is 0 Å². The zero-order chi connectivity index (χ0) is 6.69. The van der Waals surface area contributed by atoms with E-state index in [1.165, 1.54) is 18.4 Å².